The van der Waals surface area contributed by atoms with Gasteiger partial charge in [-0.05, 0) is 36.3 Å². The second-order valence-electron chi connectivity index (χ2n) is 7.45. The minimum atomic E-state index is -1.94. The van der Waals surface area contributed by atoms with Crippen LogP contribution in [-0.2, 0) is 11.0 Å². The van der Waals surface area contributed by atoms with Crippen LogP contribution in [0.25, 0.3) is 11.6 Å². The Balaban J connectivity index is 2.06. The van der Waals surface area contributed by atoms with E-state index in [2.05, 4.69) is 33.9 Å². The van der Waals surface area contributed by atoms with Crippen LogP contribution in [0.3, 0.4) is 0 Å². The minimum absolute atomic E-state index is 0.0912. The molecule has 118 valence electrons. The van der Waals surface area contributed by atoms with Crippen molar-refractivity contribution < 1.29 is 4.43 Å². The van der Waals surface area contributed by atoms with Gasteiger partial charge >= 0.3 is 0 Å². The molecule has 0 radical (unpaired) electrons. The Bertz CT molecular complexity index is 902. The van der Waals surface area contributed by atoms with Crippen molar-refractivity contribution in [3.8, 4) is 0 Å². The molecule has 22 heavy (non-hydrogen) atoms. The third kappa shape index (κ3) is 2.18. The van der Waals surface area contributed by atoms with Crippen LogP contribution in [0.4, 0.5) is 0 Å². The minimum Gasteiger partial charge on any atom is -0.409 e. The molecule has 3 heterocycles. The van der Waals surface area contributed by atoms with E-state index in [0.29, 0.717) is 17.4 Å². The van der Waals surface area contributed by atoms with Gasteiger partial charge in [-0.25, -0.2) is 0 Å². The number of aromatic nitrogens is 2. The number of fused-ring (bicyclic) bond motifs is 2. The van der Waals surface area contributed by atoms with Crippen molar-refractivity contribution in [2.24, 2.45) is 0 Å². The molecule has 0 bridgehead atoms. The Morgan fingerprint density at radius 2 is 1.91 bits per heavy atom. The van der Waals surface area contributed by atoms with Gasteiger partial charge in [-0.1, -0.05) is 20.8 Å². The highest BCUT2D eigenvalue weighted by Crippen LogP contribution is 2.37. The summed E-state index contributed by atoms with van der Waals surface area (Å²) in [5.74, 6) is 0. The molecule has 0 aliphatic carbocycles. The van der Waals surface area contributed by atoms with E-state index in [-0.39, 0.29) is 22.3 Å². The number of hydrogen-bond donors (Lipinski definition) is 0. The molecule has 2 aromatic rings. The van der Waals surface area contributed by atoms with Gasteiger partial charge in [-0.15, -0.1) is 0 Å². The van der Waals surface area contributed by atoms with E-state index in [4.69, 9.17) is 4.43 Å². The molecule has 2 aromatic heterocycles. The fourth-order valence-electron chi connectivity index (χ4n) is 2.60. The standard InChI is InChI=1S/C16H22N2O3Si/c1-16(2,3)22(4,5)21-11-9-13-15(20)17-8-6-7-12(17)14(19)18(13)10-11/h6-9,11H,10H2,1-5H3/t11-/m1/s1. The highest BCUT2D eigenvalue weighted by molar-refractivity contribution is 6.74. The molecule has 1 atom stereocenters. The lowest BCUT2D eigenvalue weighted by Gasteiger charge is -2.38. The van der Waals surface area contributed by atoms with E-state index in [0.717, 1.165) is 0 Å². The van der Waals surface area contributed by atoms with Crippen molar-refractivity contribution in [3.63, 3.8) is 0 Å². The van der Waals surface area contributed by atoms with Gasteiger partial charge in [0.2, 0.25) is 0 Å². The van der Waals surface area contributed by atoms with Gasteiger partial charge in [-0.3, -0.25) is 18.6 Å². The van der Waals surface area contributed by atoms with Gasteiger partial charge in [0, 0.05) is 6.20 Å². The quantitative estimate of drug-likeness (QED) is 0.786. The van der Waals surface area contributed by atoms with E-state index in [1.54, 1.807) is 22.9 Å². The van der Waals surface area contributed by atoms with E-state index < -0.39 is 8.32 Å². The van der Waals surface area contributed by atoms with Crippen LogP contribution in [0.5, 0.6) is 0 Å². The van der Waals surface area contributed by atoms with Crippen LogP contribution in [0.2, 0.25) is 18.1 Å². The number of nitrogens with zero attached hydrogens (tertiary/aromatic N) is 2. The predicted molar refractivity (Wildman–Crippen MR) is 89.7 cm³/mol. The van der Waals surface area contributed by atoms with Gasteiger partial charge in [0.1, 0.15) is 10.9 Å². The molecule has 0 N–H and O–H groups in total. The lowest BCUT2D eigenvalue weighted by atomic mass is 10.2. The molecule has 6 heteroatoms. The highest BCUT2D eigenvalue weighted by atomic mass is 28.4. The first-order valence-electron chi connectivity index (χ1n) is 7.55. The molecule has 0 amide bonds. The predicted octanol–water partition coefficient (Wildman–Crippen LogP) is 1.36. The van der Waals surface area contributed by atoms with Crippen LogP contribution in [0, 0.1) is 0 Å². The average molecular weight is 318 g/mol. The monoisotopic (exact) mass is 318 g/mol. The van der Waals surface area contributed by atoms with Crippen molar-refractivity contribution in [2.75, 3.05) is 0 Å². The zero-order chi connectivity index (χ0) is 16.3. The summed E-state index contributed by atoms with van der Waals surface area (Å²) >= 11 is 0. The van der Waals surface area contributed by atoms with Crippen LogP contribution in [0.15, 0.2) is 27.9 Å². The molecule has 5 nitrogen and oxygen atoms in total. The van der Waals surface area contributed by atoms with Crippen LogP contribution in [-0.4, -0.2) is 23.4 Å². The number of hydrogen-bond acceptors (Lipinski definition) is 3. The maximum atomic E-state index is 12.5. The summed E-state index contributed by atoms with van der Waals surface area (Å²) in [5, 5.41) is 0.533. The highest BCUT2D eigenvalue weighted by Gasteiger charge is 2.39. The van der Waals surface area contributed by atoms with E-state index in [1.165, 1.54) is 4.40 Å². The summed E-state index contributed by atoms with van der Waals surface area (Å²) in [6.07, 6.45) is 3.24. The molecular formula is C16H22N2O3Si. The Hall–Kier alpha value is -1.66. The molecule has 0 aromatic carbocycles. The lowest BCUT2D eigenvalue weighted by Crippen LogP contribution is -2.45. The summed E-state index contributed by atoms with van der Waals surface area (Å²) in [6, 6.07) is 3.40. The normalized spacial score (nSPS) is 18.5. The lowest BCUT2D eigenvalue weighted by molar-refractivity contribution is 0.224. The van der Waals surface area contributed by atoms with E-state index in [1.807, 2.05) is 6.08 Å². The fourth-order valence-corrected chi connectivity index (χ4v) is 3.85. The summed E-state index contributed by atoms with van der Waals surface area (Å²) in [4.78, 5) is 25.0. The van der Waals surface area contributed by atoms with Crippen molar-refractivity contribution in [1.29, 1.82) is 0 Å². The van der Waals surface area contributed by atoms with Crippen molar-refractivity contribution in [2.45, 2.75) is 51.6 Å². The van der Waals surface area contributed by atoms with Crippen LogP contribution in [0.1, 0.15) is 20.8 Å². The summed E-state index contributed by atoms with van der Waals surface area (Å²) in [5.41, 5.74) is 0.147. The maximum absolute atomic E-state index is 12.5. The summed E-state index contributed by atoms with van der Waals surface area (Å²) < 4.78 is 9.30. The first-order chi connectivity index (χ1) is 10.1. The largest absolute Gasteiger partial charge is 0.409 e. The van der Waals surface area contributed by atoms with Gasteiger partial charge < -0.3 is 4.43 Å². The van der Waals surface area contributed by atoms with Gasteiger partial charge in [-0.2, -0.15) is 0 Å². The smallest absolute Gasteiger partial charge is 0.279 e. The third-order valence-corrected chi connectivity index (χ3v) is 9.40. The van der Waals surface area contributed by atoms with Gasteiger partial charge in [0.15, 0.2) is 8.32 Å². The Morgan fingerprint density at radius 1 is 1.23 bits per heavy atom. The Kier molecular flexibility index (Phi) is 3.23. The van der Waals surface area contributed by atoms with Crippen LogP contribution >= 0.6 is 0 Å². The molecule has 0 saturated heterocycles. The van der Waals surface area contributed by atoms with Gasteiger partial charge in [0.25, 0.3) is 11.1 Å². The first-order valence-corrected chi connectivity index (χ1v) is 10.5. The second kappa shape index (κ2) is 4.66. The SMILES string of the molecule is CC(C)(C)[Si](C)(C)O[C@@H]1C=c2c(=O)n3cccc3c(=O)n2C1. The van der Waals surface area contributed by atoms with E-state index >= 15 is 0 Å². The molecule has 1 aliphatic heterocycles. The van der Waals surface area contributed by atoms with Crippen molar-refractivity contribution in [1.82, 2.24) is 8.97 Å². The Morgan fingerprint density at radius 3 is 2.55 bits per heavy atom. The zero-order valence-electron chi connectivity index (χ0n) is 13.7. The summed E-state index contributed by atoms with van der Waals surface area (Å²) in [6.45, 7) is 11.3. The van der Waals surface area contributed by atoms with Crippen molar-refractivity contribution in [3.05, 3.63) is 44.4 Å². The molecular weight excluding hydrogens is 296 g/mol. The molecule has 1 aliphatic rings. The topological polar surface area (TPSA) is 52.7 Å². The van der Waals surface area contributed by atoms with Crippen molar-refractivity contribution >= 4 is 19.9 Å². The van der Waals surface area contributed by atoms with Gasteiger partial charge in [0.05, 0.1) is 12.6 Å². The first kappa shape index (κ1) is 15.2. The molecule has 0 unspecified atom stereocenters. The maximum Gasteiger partial charge on any atom is 0.279 e. The summed E-state index contributed by atoms with van der Waals surface area (Å²) in [7, 11) is -1.94. The molecule has 0 spiro atoms. The molecule has 0 fully saturated rings. The fraction of sp³-hybridized carbons (Fsp3) is 0.500. The second-order valence-corrected chi connectivity index (χ2v) is 12.2. The third-order valence-electron chi connectivity index (χ3n) is 4.90. The molecule has 3 rings (SSSR count). The molecule has 0 saturated carbocycles. The van der Waals surface area contributed by atoms with E-state index in [9.17, 15) is 9.59 Å². The average Bonchev–Trinajstić information content (AvgIpc) is 3.00. The zero-order valence-corrected chi connectivity index (χ0v) is 14.7. The Labute approximate surface area is 130 Å². The van der Waals surface area contributed by atoms with Crippen LogP contribution < -0.4 is 16.5 Å². The number of rotatable bonds is 2.